The van der Waals surface area contributed by atoms with Crippen molar-refractivity contribution in [3.63, 3.8) is 0 Å². The molecule has 0 amide bonds. The number of rotatable bonds is 7. The van der Waals surface area contributed by atoms with Gasteiger partial charge in [0.05, 0.1) is 12.6 Å². The normalized spacial score (nSPS) is 14.6. The van der Waals surface area contributed by atoms with E-state index in [4.69, 9.17) is 16.3 Å². The van der Waals surface area contributed by atoms with Crippen LogP contribution in [-0.2, 0) is 6.54 Å². The summed E-state index contributed by atoms with van der Waals surface area (Å²) in [6, 6.07) is 7.90. The molecule has 1 aromatic heterocycles. The summed E-state index contributed by atoms with van der Waals surface area (Å²) in [6.45, 7) is 2.15. The lowest BCUT2D eigenvalue weighted by Crippen LogP contribution is -2.25. The van der Waals surface area contributed by atoms with Crippen molar-refractivity contribution < 1.29 is 4.74 Å². The van der Waals surface area contributed by atoms with Crippen LogP contribution in [0.3, 0.4) is 0 Å². The maximum atomic E-state index is 5.84. The molecule has 2 aromatic rings. The molecule has 0 aliphatic heterocycles. The summed E-state index contributed by atoms with van der Waals surface area (Å²) in [6.07, 6.45) is 2.36. The average Bonchev–Trinajstić information content (AvgIpc) is 3.22. The number of tetrazole rings is 1. The first kappa shape index (κ1) is 14.3. The fourth-order valence-electron chi connectivity index (χ4n) is 2.09. The van der Waals surface area contributed by atoms with Gasteiger partial charge in [-0.05, 0) is 54.6 Å². The zero-order chi connectivity index (χ0) is 14.7. The predicted octanol–water partition coefficient (Wildman–Crippen LogP) is 2.17. The van der Waals surface area contributed by atoms with E-state index in [0.29, 0.717) is 17.7 Å². The molecule has 0 atom stereocenters. The van der Waals surface area contributed by atoms with Crippen LogP contribution in [0.4, 0.5) is 0 Å². The number of aromatic nitrogens is 4. The highest BCUT2D eigenvalue weighted by molar-refractivity contribution is 6.30. The molecule has 0 spiro atoms. The number of nitrogens with zero attached hydrogens (tertiary/aromatic N) is 5. The van der Waals surface area contributed by atoms with Gasteiger partial charge < -0.3 is 4.74 Å². The highest BCUT2D eigenvalue weighted by Gasteiger charge is 2.27. The van der Waals surface area contributed by atoms with Gasteiger partial charge in [-0.25, -0.2) is 4.68 Å². The lowest BCUT2D eigenvalue weighted by molar-refractivity contribution is 0.227. The summed E-state index contributed by atoms with van der Waals surface area (Å²) in [5.41, 5.74) is 0. The number of hydrogen-bond acceptors (Lipinski definition) is 5. The molecule has 1 saturated carbocycles. The molecule has 0 radical (unpaired) electrons. The van der Waals surface area contributed by atoms with E-state index in [1.54, 1.807) is 0 Å². The lowest BCUT2D eigenvalue weighted by atomic mass is 10.3. The van der Waals surface area contributed by atoms with E-state index in [-0.39, 0.29) is 0 Å². The summed E-state index contributed by atoms with van der Waals surface area (Å²) >= 11 is 5.84. The minimum Gasteiger partial charge on any atom is -0.492 e. The topological polar surface area (TPSA) is 56.1 Å². The van der Waals surface area contributed by atoms with E-state index in [0.717, 1.165) is 24.7 Å². The molecule has 1 aliphatic carbocycles. The molecule has 21 heavy (non-hydrogen) atoms. The van der Waals surface area contributed by atoms with E-state index in [2.05, 4.69) is 20.4 Å². The van der Waals surface area contributed by atoms with E-state index < -0.39 is 0 Å². The second-order valence-corrected chi connectivity index (χ2v) is 5.75. The van der Waals surface area contributed by atoms with Gasteiger partial charge in [0.1, 0.15) is 12.4 Å². The van der Waals surface area contributed by atoms with Gasteiger partial charge in [0.25, 0.3) is 0 Å². The van der Waals surface area contributed by atoms with Crippen molar-refractivity contribution in [3.8, 4) is 5.75 Å². The Bertz CT molecular complexity index is 581. The third kappa shape index (κ3) is 3.92. The van der Waals surface area contributed by atoms with E-state index in [9.17, 15) is 0 Å². The van der Waals surface area contributed by atoms with Gasteiger partial charge in [-0.2, -0.15) is 0 Å². The molecule has 0 bridgehead atoms. The van der Waals surface area contributed by atoms with Crippen LogP contribution in [0.25, 0.3) is 0 Å². The zero-order valence-corrected chi connectivity index (χ0v) is 12.7. The van der Waals surface area contributed by atoms with Gasteiger partial charge >= 0.3 is 0 Å². The summed E-state index contributed by atoms with van der Waals surface area (Å²) in [5.74, 6) is 1.75. The van der Waals surface area contributed by atoms with Gasteiger partial charge in [0.2, 0.25) is 0 Å². The molecule has 112 valence electrons. The van der Waals surface area contributed by atoms with E-state index >= 15 is 0 Å². The molecule has 1 aromatic carbocycles. The Balaban J connectivity index is 1.44. The number of halogens is 1. The Morgan fingerprint density at radius 1 is 1.33 bits per heavy atom. The Kier molecular flexibility index (Phi) is 4.36. The first-order valence-electron chi connectivity index (χ1n) is 7.06. The molecule has 1 heterocycles. The van der Waals surface area contributed by atoms with Crippen LogP contribution in [0.2, 0.25) is 5.02 Å². The molecule has 0 saturated heterocycles. The van der Waals surface area contributed by atoms with Crippen LogP contribution in [0.1, 0.15) is 24.7 Å². The molecular weight excluding hydrogens is 290 g/mol. The summed E-state index contributed by atoms with van der Waals surface area (Å²) in [7, 11) is 2.04. The quantitative estimate of drug-likeness (QED) is 0.784. The van der Waals surface area contributed by atoms with Gasteiger partial charge in [-0.15, -0.1) is 5.10 Å². The Labute approximate surface area is 128 Å². The van der Waals surface area contributed by atoms with Crippen molar-refractivity contribution in [3.05, 3.63) is 35.1 Å². The smallest absolute Gasteiger partial charge is 0.165 e. The Hall–Kier alpha value is -1.66. The van der Waals surface area contributed by atoms with Gasteiger partial charge in [0, 0.05) is 11.6 Å². The maximum absolute atomic E-state index is 5.84. The summed E-state index contributed by atoms with van der Waals surface area (Å²) < 4.78 is 7.62. The van der Waals surface area contributed by atoms with Crippen molar-refractivity contribution in [2.45, 2.75) is 25.4 Å². The summed E-state index contributed by atoms with van der Waals surface area (Å²) in [5, 5.41) is 12.6. The van der Waals surface area contributed by atoms with E-state index in [1.807, 2.05) is 36.0 Å². The number of benzene rings is 1. The predicted molar refractivity (Wildman–Crippen MR) is 79.4 cm³/mol. The molecule has 7 heteroatoms. The minimum absolute atomic E-state index is 0.508. The van der Waals surface area contributed by atoms with Crippen LogP contribution >= 0.6 is 11.6 Å². The standard InChI is InChI=1S/C14H18ClN5O/c1-19(8-9-21-13-6-2-11(15)3-7-13)10-14-16-17-18-20(14)12-4-5-12/h2-3,6-7,12H,4-5,8-10H2,1H3. The monoisotopic (exact) mass is 307 g/mol. The average molecular weight is 308 g/mol. The van der Waals surface area contributed by atoms with Crippen molar-refractivity contribution in [2.24, 2.45) is 0 Å². The maximum Gasteiger partial charge on any atom is 0.165 e. The molecule has 6 nitrogen and oxygen atoms in total. The fraction of sp³-hybridized carbons (Fsp3) is 0.500. The third-order valence-electron chi connectivity index (χ3n) is 3.42. The fourth-order valence-corrected chi connectivity index (χ4v) is 2.22. The molecule has 3 rings (SSSR count). The molecular formula is C14H18ClN5O. The number of hydrogen-bond donors (Lipinski definition) is 0. The van der Waals surface area contributed by atoms with Crippen LogP contribution < -0.4 is 4.74 Å². The SMILES string of the molecule is CN(CCOc1ccc(Cl)cc1)Cc1nnnn1C1CC1. The molecule has 0 N–H and O–H groups in total. The number of likely N-dealkylation sites (N-methyl/N-ethyl adjacent to an activating group) is 1. The summed E-state index contributed by atoms with van der Waals surface area (Å²) in [4.78, 5) is 2.15. The van der Waals surface area contributed by atoms with E-state index in [1.165, 1.54) is 12.8 Å². The van der Waals surface area contributed by atoms with Crippen LogP contribution in [0, 0.1) is 0 Å². The third-order valence-corrected chi connectivity index (χ3v) is 3.67. The number of ether oxygens (including phenoxy) is 1. The zero-order valence-electron chi connectivity index (χ0n) is 11.9. The van der Waals surface area contributed by atoms with Gasteiger partial charge in [0.15, 0.2) is 5.82 Å². The Morgan fingerprint density at radius 2 is 2.10 bits per heavy atom. The molecule has 1 fully saturated rings. The first-order valence-corrected chi connectivity index (χ1v) is 7.44. The lowest BCUT2D eigenvalue weighted by Gasteiger charge is -2.16. The van der Waals surface area contributed by atoms with Crippen LogP contribution in [0.15, 0.2) is 24.3 Å². The second-order valence-electron chi connectivity index (χ2n) is 5.31. The van der Waals surface area contributed by atoms with Crippen molar-refractivity contribution in [2.75, 3.05) is 20.2 Å². The molecule has 0 unspecified atom stereocenters. The van der Waals surface area contributed by atoms with Crippen molar-refractivity contribution >= 4 is 11.6 Å². The van der Waals surface area contributed by atoms with Gasteiger partial charge in [-0.1, -0.05) is 11.6 Å². The first-order chi connectivity index (χ1) is 10.2. The van der Waals surface area contributed by atoms with Crippen LogP contribution in [-0.4, -0.2) is 45.3 Å². The Morgan fingerprint density at radius 3 is 2.81 bits per heavy atom. The highest BCUT2D eigenvalue weighted by Crippen LogP contribution is 2.34. The second kappa shape index (κ2) is 6.41. The molecule has 1 aliphatic rings. The van der Waals surface area contributed by atoms with Crippen LogP contribution in [0.5, 0.6) is 5.75 Å². The minimum atomic E-state index is 0.508. The highest BCUT2D eigenvalue weighted by atomic mass is 35.5. The largest absolute Gasteiger partial charge is 0.492 e. The van der Waals surface area contributed by atoms with Gasteiger partial charge in [-0.3, -0.25) is 4.90 Å². The van der Waals surface area contributed by atoms with Crippen molar-refractivity contribution in [1.82, 2.24) is 25.1 Å². The van der Waals surface area contributed by atoms with Crippen molar-refractivity contribution in [1.29, 1.82) is 0 Å².